The van der Waals surface area contributed by atoms with Crippen molar-refractivity contribution >= 4 is 29.8 Å². The quantitative estimate of drug-likeness (QED) is 0.0370. The van der Waals surface area contributed by atoms with Gasteiger partial charge in [0.1, 0.15) is 29.5 Å². The van der Waals surface area contributed by atoms with E-state index in [-0.39, 0.29) is 21.4 Å². The Hall–Kier alpha value is -7.22. The second-order valence-corrected chi connectivity index (χ2v) is 20.4. The van der Waals surface area contributed by atoms with E-state index in [1.165, 1.54) is 12.1 Å². The van der Waals surface area contributed by atoms with Crippen molar-refractivity contribution in [2.24, 2.45) is 10.8 Å². The van der Waals surface area contributed by atoms with Crippen molar-refractivity contribution in [2.75, 3.05) is 65.1 Å². The number of anilines is 1. The average molecular weight is 1160 g/mol. The van der Waals surface area contributed by atoms with Crippen LogP contribution in [0, 0.1) is 34.3 Å². The summed E-state index contributed by atoms with van der Waals surface area (Å²) in [6.45, 7) is 1.78. The number of nitrogens with one attached hydrogen (secondary N) is 4. The van der Waals surface area contributed by atoms with Crippen molar-refractivity contribution in [3.8, 4) is 23.0 Å². The molecule has 0 unspecified atom stereocenters. The standard InChI is InChI=1S/C53H62F10N10O8/c1-50(2,52(58,59)60)43(67-48(77)79-5)45(75)66-40(23-32-10-7-31(8-11-32)9-12-33-13-14-42(64-26-33)71-19-17-70(18-20-71)36-15-21-81-22-16-36)41(74)30-72(69-46(76)44(68-49(78)80-6)51(3,4)53(61,62)63)29-37-38(54)24-34(25-39(37)55)35-27-65-73(28-35)47(56)57/h7-8,10-11,13-14,24-28,36,40-41,43-44,47,74H,15-23,29-30H2,1-6H3,(H,66,75)(H,67,77)(H,68,78)(H,69,76)/t40-,41-,43+,44+/m0/s1. The van der Waals surface area contributed by atoms with Gasteiger partial charge in [-0.1, -0.05) is 24.0 Å². The predicted octanol–water partition coefficient (Wildman–Crippen LogP) is 6.87. The Kier molecular flexibility index (Phi) is 20.7. The van der Waals surface area contributed by atoms with Crippen molar-refractivity contribution in [1.82, 2.24) is 46.0 Å². The molecule has 28 heteroatoms. The van der Waals surface area contributed by atoms with Crippen molar-refractivity contribution in [2.45, 2.75) is 103 Å². The number of benzene rings is 2. The fourth-order valence-electron chi connectivity index (χ4n) is 8.94. The van der Waals surface area contributed by atoms with Crippen LogP contribution in [0.1, 0.15) is 69.3 Å². The molecule has 4 heterocycles. The monoisotopic (exact) mass is 1160 g/mol. The Morgan fingerprint density at radius 3 is 1.81 bits per heavy atom. The molecule has 0 radical (unpaired) electrons. The molecule has 2 aliphatic heterocycles. The fraction of sp³-hybridized carbons (Fsp3) is 0.509. The topological polar surface area (TPSA) is 205 Å². The third-order valence-electron chi connectivity index (χ3n) is 14.3. The Balaban J connectivity index is 1.31. The summed E-state index contributed by atoms with van der Waals surface area (Å²) in [7, 11) is 1.60. The van der Waals surface area contributed by atoms with Crippen molar-refractivity contribution in [3.05, 3.63) is 101 Å². The highest BCUT2D eigenvalue weighted by molar-refractivity contribution is 5.87. The third kappa shape index (κ3) is 16.0. The van der Waals surface area contributed by atoms with Crippen LogP contribution in [0.15, 0.2) is 67.1 Å². The predicted molar refractivity (Wildman–Crippen MR) is 272 cm³/mol. The van der Waals surface area contributed by atoms with Crippen LogP contribution in [0.3, 0.4) is 0 Å². The number of aliphatic hydroxyl groups is 1. The highest BCUT2D eigenvalue weighted by atomic mass is 19.4. The minimum absolute atomic E-state index is 0.174. The third-order valence-corrected chi connectivity index (χ3v) is 14.3. The summed E-state index contributed by atoms with van der Waals surface area (Å²) in [5.41, 5.74) is -4.23. The van der Waals surface area contributed by atoms with Crippen molar-refractivity contribution < 1.29 is 82.4 Å². The molecule has 0 spiro atoms. The van der Waals surface area contributed by atoms with Gasteiger partial charge in [0.25, 0.3) is 5.91 Å². The maximum Gasteiger partial charge on any atom is 0.407 e. The van der Waals surface area contributed by atoms with Gasteiger partial charge in [-0.2, -0.15) is 40.2 Å². The molecule has 4 atom stereocenters. The highest BCUT2D eigenvalue weighted by Gasteiger charge is 2.57. The zero-order valence-corrected chi connectivity index (χ0v) is 44.9. The number of hydrogen-bond donors (Lipinski definition) is 5. The van der Waals surface area contributed by atoms with E-state index in [9.17, 15) is 59.4 Å². The second kappa shape index (κ2) is 26.6. The van der Waals surface area contributed by atoms with E-state index >= 15 is 8.78 Å². The lowest BCUT2D eigenvalue weighted by atomic mass is 9.82. The molecular weight excluding hydrogens is 1090 g/mol. The van der Waals surface area contributed by atoms with Crippen LogP contribution in [0.25, 0.3) is 11.1 Å². The van der Waals surface area contributed by atoms with Gasteiger partial charge in [0, 0.05) is 93.2 Å². The van der Waals surface area contributed by atoms with Gasteiger partial charge < -0.3 is 40.2 Å². The summed E-state index contributed by atoms with van der Waals surface area (Å²) in [5.74, 6) is 0.761. The minimum atomic E-state index is -5.23. The molecule has 81 heavy (non-hydrogen) atoms. The van der Waals surface area contributed by atoms with Crippen LogP contribution < -0.4 is 26.3 Å². The first-order valence-electron chi connectivity index (χ1n) is 25.3. The van der Waals surface area contributed by atoms with Crippen LogP contribution >= 0.6 is 0 Å². The number of piperazine rings is 1. The van der Waals surface area contributed by atoms with Gasteiger partial charge in [0.2, 0.25) is 5.91 Å². The summed E-state index contributed by atoms with van der Waals surface area (Å²) in [4.78, 5) is 62.1. The number of nitrogens with zero attached hydrogens (tertiary/aromatic N) is 6. The van der Waals surface area contributed by atoms with Gasteiger partial charge in [-0.25, -0.2) is 33.0 Å². The van der Waals surface area contributed by atoms with Gasteiger partial charge >= 0.3 is 31.1 Å². The number of halogens is 10. The molecule has 18 nitrogen and oxygen atoms in total. The Morgan fingerprint density at radius 1 is 0.765 bits per heavy atom. The van der Waals surface area contributed by atoms with Gasteiger partial charge in [-0.3, -0.25) is 19.9 Å². The summed E-state index contributed by atoms with van der Waals surface area (Å²) in [5, 5.41) is 21.9. The number of hydrazine groups is 1. The summed E-state index contributed by atoms with van der Waals surface area (Å²) in [6, 6.07) is 4.82. The van der Waals surface area contributed by atoms with Crippen LogP contribution in [-0.4, -0.2) is 157 Å². The lowest BCUT2D eigenvalue weighted by molar-refractivity contribution is -0.221. The number of aromatic nitrogens is 3. The molecular formula is C53H62F10N10O8. The maximum absolute atomic E-state index is 16.0. The molecule has 4 amide bonds. The fourth-order valence-corrected chi connectivity index (χ4v) is 8.94. The van der Waals surface area contributed by atoms with Gasteiger partial charge in [-0.05, 0) is 94.5 Å². The molecule has 0 saturated carbocycles. The number of ether oxygens (including phenoxy) is 3. The second-order valence-electron chi connectivity index (χ2n) is 20.4. The molecule has 2 saturated heterocycles. The number of carbonyl (C=O) groups is 4. The number of methoxy groups -OCH3 is 2. The number of alkyl carbamates (subject to hydrolysis) is 2. The first kappa shape index (κ1) is 63.0. The molecule has 2 aromatic heterocycles. The molecule has 5 N–H and O–H groups in total. The average Bonchev–Trinajstić information content (AvgIpc) is 3.94. The van der Waals surface area contributed by atoms with E-state index in [0.29, 0.717) is 62.0 Å². The smallest absolute Gasteiger partial charge is 0.407 e. The van der Waals surface area contributed by atoms with E-state index < -0.39 is 115 Å². The lowest BCUT2D eigenvalue weighted by Crippen LogP contribution is -2.63. The first-order chi connectivity index (χ1) is 38.0. The minimum Gasteiger partial charge on any atom is -0.453 e. The molecule has 2 aromatic carbocycles. The number of alkyl halides is 8. The zero-order valence-electron chi connectivity index (χ0n) is 44.9. The van der Waals surface area contributed by atoms with Gasteiger partial charge in [0.05, 0.1) is 43.4 Å². The van der Waals surface area contributed by atoms with Crippen molar-refractivity contribution in [3.63, 3.8) is 0 Å². The Labute approximate surface area is 459 Å². The Morgan fingerprint density at radius 2 is 1.31 bits per heavy atom. The van der Waals surface area contributed by atoms with E-state index in [0.717, 1.165) is 84.7 Å². The molecule has 442 valence electrons. The molecule has 2 fully saturated rings. The summed E-state index contributed by atoms with van der Waals surface area (Å²) >= 11 is 0. The number of pyridine rings is 1. The molecule has 4 aromatic rings. The maximum atomic E-state index is 16.0. The van der Waals surface area contributed by atoms with E-state index in [4.69, 9.17) is 4.74 Å². The highest BCUT2D eigenvalue weighted by Crippen LogP contribution is 2.42. The molecule has 2 aliphatic rings. The Bertz CT molecular complexity index is 2840. The van der Waals surface area contributed by atoms with Crippen LogP contribution in [0.5, 0.6) is 0 Å². The number of hydrogen-bond acceptors (Lipinski definition) is 13. The molecule has 6 rings (SSSR count). The number of aliphatic hydroxyl groups excluding tert-OH is 1. The van der Waals surface area contributed by atoms with E-state index in [1.54, 1.807) is 23.6 Å². The number of carbonyl (C=O) groups excluding carboxylic acids is 4. The number of amides is 4. The van der Waals surface area contributed by atoms with Crippen molar-refractivity contribution in [1.29, 1.82) is 0 Å². The molecule has 0 aliphatic carbocycles. The SMILES string of the molecule is COC(=O)N[C@H](C(=O)N[C@@H](Cc1ccc(C#Cc2ccc(N3CCN(C4CCOCC4)CC3)nc2)cc1)[C@@H](O)CN(Cc1c(F)cc(-c2cnn(C(F)F)c2)cc1F)NC(=O)[C@@H](NC(=O)OC)C(C)(C)C(F)(F)F)C(C)(C)C(F)(F)F. The van der Waals surface area contributed by atoms with Crippen LogP contribution in [0.2, 0.25) is 0 Å². The molecule has 0 bridgehead atoms. The number of rotatable bonds is 19. The lowest BCUT2D eigenvalue weighted by Gasteiger charge is -2.41. The zero-order chi connectivity index (χ0) is 59.6. The van der Waals surface area contributed by atoms with Gasteiger partial charge in [-0.15, -0.1) is 0 Å². The van der Waals surface area contributed by atoms with Crippen LogP contribution in [-0.2, 0) is 36.8 Å². The normalized spacial score (nSPS) is 16.4. The van der Waals surface area contributed by atoms with E-state index in [2.05, 4.69) is 46.5 Å². The largest absolute Gasteiger partial charge is 0.453 e. The first-order valence-corrected chi connectivity index (χ1v) is 25.3. The van der Waals surface area contributed by atoms with E-state index in [1.807, 2.05) is 22.9 Å². The summed E-state index contributed by atoms with van der Waals surface area (Å²) in [6.07, 6.45) is -10.7. The summed E-state index contributed by atoms with van der Waals surface area (Å²) < 4.78 is 161. The van der Waals surface area contributed by atoms with Gasteiger partial charge in [0.15, 0.2) is 0 Å². The van der Waals surface area contributed by atoms with Crippen LogP contribution in [0.4, 0.5) is 59.3 Å².